The van der Waals surface area contributed by atoms with Crippen molar-refractivity contribution in [1.82, 2.24) is 5.32 Å². The first-order valence-electron chi connectivity index (χ1n) is 6.56. The van der Waals surface area contributed by atoms with Crippen LogP contribution in [0.2, 0.25) is 0 Å². The van der Waals surface area contributed by atoms with E-state index in [1.807, 2.05) is 49.4 Å². The van der Waals surface area contributed by atoms with Crippen LogP contribution in [0.4, 0.5) is 5.69 Å². The fraction of sp³-hybridized carbons (Fsp3) is 0.125. The molecule has 0 bridgehead atoms. The number of hydrogen-bond donors (Lipinski definition) is 2. The van der Waals surface area contributed by atoms with Gasteiger partial charge >= 0.3 is 0 Å². The summed E-state index contributed by atoms with van der Waals surface area (Å²) < 4.78 is 1.75. The van der Waals surface area contributed by atoms with Crippen LogP contribution < -0.4 is 10.6 Å². The number of carbonyl (C=O) groups excluding carboxylic acids is 1. The highest BCUT2D eigenvalue weighted by molar-refractivity contribution is 9.11. The maximum atomic E-state index is 12.2. The molecule has 6 heteroatoms. The minimum absolute atomic E-state index is 0.165. The lowest BCUT2D eigenvalue weighted by atomic mass is 10.2. The second-order valence-electron chi connectivity index (χ2n) is 4.70. The van der Waals surface area contributed by atoms with Gasteiger partial charge in [0.25, 0.3) is 5.91 Å². The average Bonchev–Trinajstić information content (AvgIpc) is 2.49. The van der Waals surface area contributed by atoms with Crippen LogP contribution in [0, 0.1) is 6.92 Å². The molecule has 0 spiro atoms. The highest BCUT2D eigenvalue weighted by Crippen LogP contribution is 2.30. The molecule has 0 aliphatic heterocycles. The van der Waals surface area contributed by atoms with E-state index >= 15 is 0 Å². The number of amides is 1. The van der Waals surface area contributed by atoms with Gasteiger partial charge in [0.15, 0.2) is 4.99 Å². The van der Waals surface area contributed by atoms with E-state index in [0.29, 0.717) is 6.54 Å². The number of nitrogens with one attached hydrogen (secondary N) is 2. The summed E-state index contributed by atoms with van der Waals surface area (Å²) in [6.07, 6.45) is 0. The van der Waals surface area contributed by atoms with E-state index in [9.17, 15) is 4.79 Å². The number of rotatable bonds is 3. The van der Waals surface area contributed by atoms with Crippen molar-refractivity contribution >= 4 is 60.7 Å². The summed E-state index contributed by atoms with van der Waals surface area (Å²) in [5.74, 6) is -0.322. The molecule has 0 heterocycles. The highest BCUT2D eigenvalue weighted by atomic mass is 79.9. The third kappa shape index (κ3) is 4.63. The topological polar surface area (TPSA) is 41.1 Å². The van der Waals surface area contributed by atoms with Gasteiger partial charge in [-0.1, -0.05) is 58.5 Å². The van der Waals surface area contributed by atoms with Crippen LogP contribution >= 0.6 is 44.1 Å². The van der Waals surface area contributed by atoms with Crippen molar-refractivity contribution in [3.05, 3.63) is 62.5 Å². The zero-order chi connectivity index (χ0) is 16.1. The van der Waals surface area contributed by atoms with Crippen molar-refractivity contribution in [2.75, 3.05) is 5.32 Å². The number of anilines is 1. The molecule has 3 nitrogen and oxygen atoms in total. The molecule has 2 aromatic carbocycles. The number of hydrogen-bond acceptors (Lipinski definition) is 2. The molecule has 22 heavy (non-hydrogen) atoms. The van der Waals surface area contributed by atoms with Crippen molar-refractivity contribution in [3.63, 3.8) is 0 Å². The van der Waals surface area contributed by atoms with Crippen LogP contribution in [-0.4, -0.2) is 10.9 Å². The van der Waals surface area contributed by atoms with Gasteiger partial charge in [0.2, 0.25) is 0 Å². The standard InChI is InChI=1S/C16H14Br2N2OS/c1-10-7-12(17)8-13(18)14(10)20-15(21)16(22)19-9-11-5-3-2-4-6-11/h2-8H,9H2,1H3,(H,19,22)(H,20,21). The number of aryl methyl sites for hydroxylation is 1. The van der Waals surface area contributed by atoms with E-state index in [2.05, 4.69) is 42.5 Å². The molecule has 2 rings (SSSR count). The monoisotopic (exact) mass is 440 g/mol. The van der Waals surface area contributed by atoms with Gasteiger partial charge in [0, 0.05) is 15.5 Å². The molecule has 2 N–H and O–H groups in total. The molecule has 0 radical (unpaired) electrons. The third-order valence-electron chi connectivity index (χ3n) is 2.99. The highest BCUT2D eigenvalue weighted by Gasteiger charge is 2.13. The van der Waals surface area contributed by atoms with Gasteiger partial charge in [-0.15, -0.1) is 0 Å². The molecule has 1 amide bonds. The largest absolute Gasteiger partial charge is 0.368 e. The molecule has 0 aromatic heterocycles. The summed E-state index contributed by atoms with van der Waals surface area (Å²) in [4.78, 5) is 12.3. The summed E-state index contributed by atoms with van der Waals surface area (Å²) in [5.41, 5.74) is 2.73. The Labute approximate surface area is 151 Å². The maximum Gasteiger partial charge on any atom is 0.283 e. The summed E-state index contributed by atoms with van der Waals surface area (Å²) in [6.45, 7) is 2.44. The zero-order valence-corrected chi connectivity index (χ0v) is 15.8. The molecule has 114 valence electrons. The fourth-order valence-corrected chi connectivity index (χ4v) is 3.55. The van der Waals surface area contributed by atoms with E-state index in [1.54, 1.807) is 0 Å². The van der Waals surface area contributed by atoms with Crippen LogP contribution in [0.25, 0.3) is 0 Å². The molecular formula is C16H14Br2N2OS. The summed E-state index contributed by atoms with van der Waals surface area (Å²) in [5, 5.41) is 5.80. The molecule has 0 unspecified atom stereocenters. The molecule has 0 aliphatic carbocycles. The molecule has 0 fully saturated rings. The number of benzene rings is 2. The Morgan fingerprint density at radius 3 is 2.50 bits per heavy atom. The Morgan fingerprint density at radius 1 is 1.18 bits per heavy atom. The van der Waals surface area contributed by atoms with Gasteiger partial charge in [-0.3, -0.25) is 4.79 Å². The second kappa shape index (κ2) is 7.85. The van der Waals surface area contributed by atoms with Gasteiger partial charge in [0.05, 0.1) is 5.69 Å². The molecule has 0 atom stereocenters. The second-order valence-corrected chi connectivity index (χ2v) is 6.88. The van der Waals surface area contributed by atoms with E-state index in [-0.39, 0.29) is 10.9 Å². The Bertz CT molecular complexity index is 682. The van der Waals surface area contributed by atoms with Crippen molar-refractivity contribution < 1.29 is 4.79 Å². The van der Waals surface area contributed by atoms with Gasteiger partial charge in [0.1, 0.15) is 0 Å². The summed E-state index contributed by atoms with van der Waals surface area (Å²) in [7, 11) is 0. The predicted octanol–water partition coefficient (Wildman–Crippen LogP) is 4.58. The van der Waals surface area contributed by atoms with Crippen molar-refractivity contribution in [3.8, 4) is 0 Å². The first-order valence-corrected chi connectivity index (χ1v) is 8.55. The third-order valence-corrected chi connectivity index (χ3v) is 4.41. The van der Waals surface area contributed by atoms with E-state index in [4.69, 9.17) is 12.2 Å². The Balaban J connectivity index is 1.99. The van der Waals surface area contributed by atoms with Crippen LogP contribution in [0.1, 0.15) is 11.1 Å². The maximum absolute atomic E-state index is 12.2. The number of carbonyl (C=O) groups is 1. The van der Waals surface area contributed by atoms with Crippen molar-refractivity contribution in [1.29, 1.82) is 0 Å². The van der Waals surface area contributed by atoms with Gasteiger partial charge in [-0.25, -0.2) is 0 Å². The van der Waals surface area contributed by atoms with Crippen LogP contribution in [0.5, 0.6) is 0 Å². The summed E-state index contributed by atoms with van der Waals surface area (Å²) in [6, 6.07) is 13.6. The van der Waals surface area contributed by atoms with E-state index in [1.165, 1.54) is 0 Å². The normalized spacial score (nSPS) is 10.1. The summed E-state index contributed by atoms with van der Waals surface area (Å²) >= 11 is 12.0. The molecular weight excluding hydrogens is 428 g/mol. The van der Waals surface area contributed by atoms with Crippen LogP contribution in [-0.2, 0) is 11.3 Å². The minimum Gasteiger partial charge on any atom is -0.368 e. The SMILES string of the molecule is Cc1cc(Br)cc(Br)c1NC(=O)C(=S)NCc1ccccc1. The quantitative estimate of drug-likeness (QED) is 0.685. The van der Waals surface area contributed by atoms with Crippen LogP contribution in [0.3, 0.4) is 0 Å². The molecule has 0 aliphatic rings. The fourth-order valence-electron chi connectivity index (χ4n) is 1.89. The zero-order valence-electron chi connectivity index (χ0n) is 11.8. The molecule has 2 aromatic rings. The number of thiocarbonyl (C=S) groups is 1. The lowest BCUT2D eigenvalue weighted by Crippen LogP contribution is -2.33. The Hall–Kier alpha value is -1.24. The Kier molecular flexibility index (Phi) is 6.11. The predicted molar refractivity (Wildman–Crippen MR) is 101 cm³/mol. The van der Waals surface area contributed by atoms with Gasteiger partial charge < -0.3 is 10.6 Å². The lowest BCUT2D eigenvalue weighted by molar-refractivity contribution is -0.110. The first-order chi connectivity index (χ1) is 10.5. The Morgan fingerprint density at radius 2 is 1.86 bits per heavy atom. The smallest absolute Gasteiger partial charge is 0.283 e. The minimum atomic E-state index is -0.322. The van der Waals surface area contributed by atoms with Gasteiger partial charge in [-0.05, 0) is 46.1 Å². The van der Waals surface area contributed by atoms with Crippen molar-refractivity contribution in [2.24, 2.45) is 0 Å². The van der Waals surface area contributed by atoms with E-state index < -0.39 is 0 Å². The van der Waals surface area contributed by atoms with E-state index in [0.717, 1.165) is 25.8 Å². The average molecular weight is 442 g/mol. The lowest BCUT2D eigenvalue weighted by Gasteiger charge is -2.13. The van der Waals surface area contributed by atoms with Crippen LogP contribution in [0.15, 0.2) is 51.4 Å². The molecule has 0 saturated carbocycles. The van der Waals surface area contributed by atoms with Gasteiger partial charge in [-0.2, -0.15) is 0 Å². The van der Waals surface area contributed by atoms with Crippen molar-refractivity contribution in [2.45, 2.75) is 13.5 Å². The first kappa shape index (κ1) is 17.1. The molecule has 0 saturated heterocycles. The number of halogens is 2.